The van der Waals surface area contributed by atoms with Crippen molar-refractivity contribution in [2.45, 2.75) is 32.2 Å². The molecule has 3 N–H and O–H groups in total. The van der Waals surface area contributed by atoms with Gasteiger partial charge in [-0.2, -0.15) is 10.4 Å². The molecule has 2 aromatic heterocycles. The van der Waals surface area contributed by atoms with E-state index in [4.69, 9.17) is 5.73 Å². The lowest BCUT2D eigenvalue weighted by Crippen LogP contribution is -2.33. The van der Waals surface area contributed by atoms with E-state index >= 15 is 0 Å². The Morgan fingerprint density at radius 1 is 1.67 bits per heavy atom. The summed E-state index contributed by atoms with van der Waals surface area (Å²) >= 11 is 0. The first-order valence-corrected chi connectivity index (χ1v) is 6.99. The van der Waals surface area contributed by atoms with Gasteiger partial charge in [-0.05, 0) is 38.3 Å². The first-order valence-electron chi connectivity index (χ1n) is 6.99. The van der Waals surface area contributed by atoms with Gasteiger partial charge >= 0.3 is 0 Å². The van der Waals surface area contributed by atoms with Crippen LogP contribution in [0.3, 0.4) is 0 Å². The highest BCUT2D eigenvalue weighted by atomic mass is 16.1. The van der Waals surface area contributed by atoms with Crippen LogP contribution < -0.4 is 11.1 Å². The Balaban J connectivity index is 2.07. The van der Waals surface area contributed by atoms with Gasteiger partial charge in [-0.25, -0.2) is 4.52 Å². The number of nitrogens with two attached hydrogens (primary N) is 1. The molecule has 3 rings (SSSR count). The zero-order valence-corrected chi connectivity index (χ0v) is 11.8. The van der Waals surface area contributed by atoms with Gasteiger partial charge in [0.05, 0.1) is 34.4 Å². The summed E-state index contributed by atoms with van der Waals surface area (Å²) in [5.74, 6) is -0.523. The van der Waals surface area contributed by atoms with Gasteiger partial charge in [0, 0.05) is 12.2 Å². The number of hydrogen-bond donors (Lipinski definition) is 2. The van der Waals surface area contributed by atoms with Gasteiger partial charge < -0.3 is 11.1 Å². The first kappa shape index (κ1) is 13.4. The molecule has 1 amide bonds. The van der Waals surface area contributed by atoms with Crippen molar-refractivity contribution in [2.75, 3.05) is 5.32 Å². The van der Waals surface area contributed by atoms with Crippen molar-refractivity contribution in [3.8, 4) is 6.07 Å². The van der Waals surface area contributed by atoms with E-state index in [9.17, 15) is 10.1 Å². The predicted molar refractivity (Wildman–Crippen MR) is 78.7 cm³/mol. The highest BCUT2D eigenvalue weighted by Gasteiger charge is 2.39. The molecular formula is C15H17N5O. The summed E-state index contributed by atoms with van der Waals surface area (Å²) in [6.45, 7) is 1.96. The number of hydrogen-bond acceptors (Lipinski definition) is 4. The number of anilines is 1. The Morgan fingerprint density at radius 2 is 2.48 bits per heavy atom. The molecule has 108 valence electrons. The standard InChI is InChI=1S/C15H17N5O/c1-15(9-16)6-2-5-12(15)19-13-10(14(17)21)8-18-20-7-3-4-11(13)20/h3-4,7-8,12,19H,2,5-6H2,1H3,(H2,17,21)/t12-,15-/m0/s1. The molecule has 0 saturated heterocycles. The number of carbonyl (C=O) groups is 1. The van der Waals surface area contributed by atoms with Gasteiger partial charge in [-0.3, -0.25) is 4.79 Å². The normalized spacial score (nSPS) is 24.9. The van der Waals surface area contributed by atoms with Crippen LogP contribution in [-0.4, -0.2) is 21.6 Å². The molecule has 21 heavy (non-hydrogen) atoms. The van der Waals surface area contributed by atoms with Crippen LogP contribution in [0.1, 0.15) is 36.5 Å². The third kappa shape index (κ3) is 2.11. The fourth-order valence-electron chi connectivity index (χ4n) is 3.04. The number of carbonyl (C=O) groups excluding carboxylic acids is 1. The Labute approximate surface area is 122 Å². The summed E-state index contributed by atoms with van der Waals surface area (Å²) in [6.07, 6.45) is 6.03. The smallest absolute Gasteiger partial charge is 0.252 e. The van der Waals surface area contributed by atoms with E-state index in [1.807, 2.05) is 25.3 Å². The Kier molecular flexibility index (Phi) is 3.05. The summed E-state index contributed by atoms with van der Waals surface area (Å²) in [6, 6.07) is 6.13. The van der Waals surface area contributed by atoms with Gasteiger partial charge in [0.15, 0.2) is 0 Å². The van der Waals surface area contributed by atoms with Gasteiger partial charge in [0.25, 0.3) is 5.91 Å². The molecule has 6 nitrogen and oxygen atoms in total. The molecule has 1 aliphatic carbocycles. The zero-order chi connectivity index (χ0) is 15.0. The van der Waals surface area contributed by atoms with Crippen LogP contribution >= 0.6 is 0 Å². The maximum atomic E-state index is 11.7. The minimum atomic E-state index is -0.523. The van der Waals surface area contributed by atoms with E-state index < -0.39 is 11.3 Å². The van der Waals surface area contributed by atoms with Gasteiger partial charge in [-0.1, -0.05) is 0 Å². The molecule has 0 radical (unpaired) electrons. The maximum Gasteiger partial charge on any atom is 0.252 e. The number of primary amides is 1. The largest absolute Gasteiger partial charge is 0.378 e. The molecule has 1 aliphatic rings. The van der Waals surface area contributed by atoms with Crippen molar-refractivity contribution in [3.05, 3.63) is 30.1 Å². The van der Waals surface area contributed by atoms with Crippen LogP contribution in [0.4, 0.5) is 5.69 Å². The van der Waals surface area contributed by atoms with Crippen LogP contribution in [-0.2, 0) is 0 Å². The summed E-state index contributed by atoms with van der Waals surface area (Å²) < 4.78 is 1.69. The number of aromatic nitrogens is 2. The van der Waals surface area contributed by atoms with Crippen molar-refractivity contribution < 1.29 is 4.79 Å². The lowest BCUT2D eigenvalue weighted by atomic mass is 9.86. The average molecular weight is 283 g/mol. The molecule has 0 aliphatic heterocycles. The number of nitrogens with one attached hydrogen (secondary N) is 1. The summed E-state index contributed by atoms with van der Waals surface area (Å²) in [4.78, 5) is 11.7. The molecule has 1 fully saturated rings. The van der Waals surface area contributed by atoms with Crippen molar-refractivity contribution in [1.82, 2.24) is 9.61 Å². The molecule has 2 atom stereocenters. The molecule has 6 heteroatoms. The molecular weight excluding hydrogens is 266 g/mol. The van der Waals surface area contributed by atoms with Crippen molar-refractivity contribution >= 4 is 17.1 Å². The molecule has 2 aromatic rings. The molecule has 2 heterocycles. The number of fused-ring (bicyclic) bond motifs is 1. The van der Waals surface area contributed by atoms with E-state index in [1.165, 1.54) is 6.20 Å². The number of amides is 1. The molecule has 0 spiro atoms. The Hall–Kier alpha value is -2.55. The molecule has 0 bridgehead atoms. The van der Waals surface area contributed by atoms with Gasteiger partial charge in [0.1, 0.15) is 0 Å². The lowest BCUT2D eigenvalue weighted by Gasteiger charge is -2.27. The van der Waals surface area contributed by atoms with Crippen LogP contribution in [0.5, 0.6) is 0 Å². The van der Waals surface area contributed by atoms with Crippen LogP contribution in [0, 0.1) is 16.7 Å². The van der Waals surface area contributed by atoms with E-state index in [0.717, 1.165) is 24.8 Å². The van der Waals surface area contributed by atoms with Crippen LogP contribution in [0.25, 0.3) is 5.52 Å². The van der Waals surface area contributed by atoms with Crippen molar-refractivity contribution in [2.24, 2.45) is 11.1 Å². The second-order valence-corrected chi connectivity index (χ2v) is 5.75. The third-order valence-corrected chi connectivity index (χ3v) is 4.36. The monoisotopic (exact) mass is 283 g/mol. The maximum absolute atomic E-state index is 11.7. The number of nitriles is 1. The second kappa shape index (κ2) is 4.77. The van der Waals surface area contributed by atoms with Crippen LogP contribution in [0.2, 0.25) is 0 Å². The number of nitrogens with zero attached hydrogens (tertiary/aromatic N) is 3. The van der Waals surface area contributed by atoms with Crippen molar-refractivity contribution in [3.63, 3.8) is 0 Å². The van der Waals surface area contributed by atoms with Gasteiger partial charge in [0.2, 0.25) is 0 Å². The minimum absolute atomic E-state index is 0.00157. The average Bonchev–Trinajstić information content (AvgIpc) is 3.07. The van der Waals surface area contributed by atoms with Gasteiger partial charge in [-0.15, -0.1) is 0 Å². The third-order valence-electron chi connectivity index (χ3n) is 4.36. The van der Waals surface area contributed by atoms with Crippen molar-refractivity contribution in [1.29, 1.82) is 5.26 Å². The molecule has 0 unspecified atom stereocenters. The number of rotatable bonds is 3. The van der Waals surface area contributed by atoms with E-state index in [-0.39, 0.29) is 6.04 Å². The Morgan fingerprint density at radius 3 is 3.19 bits per heavy atom. The SMILES string of the molecule is C[C@@]1(C#N)CCC[C@@H]1Nc1c(C(N)=O)cnn2cccc12. The van der Waals surface area contributed by atoms with E-state index in [1.54, 1.807) is 4.52 Å². The second-order valence-electron chi connectivity index (χ2n) is 5.75. The molecule has 1 saturated carbocycles. The predicted octanol–water partition coefficient (Wildman–Crippen LogP) is 1.93. The Bertz CT molecular complexity index is 744. The lowest BCUT2D eigenvalue weighted by molar-refractivity contribution is 0.100. The zero-order valence-electron chi connectivity index (χ0n) is 11.8. The van der Waals surface area contributed by atoms with E-state index in [0.29, 0.717) is 11.3 Å². The summed E-state index contributed by atoms with van der Waals surface area (Å²) in [5.41, 5.74) is 6.83. The minimum Gasteiger partial charge on any atom is -0.378 e. The highest BCUT2D eigenvalue weighted by molar-refractivity contribution is 6.01. The molecule has 0 aromatic carbocycles. The summed E-state index contributed by atoms with van der Waals surface area (Å²) in [5, 5.41) is 17.0. The highest BCUT2D eigenvalue weighted by Crippen LogP contribution is 2.40. The topological polar surface area (TPSA) is 96.2 Å². The fraction of sp³-hybridized carbons (Fsp3) is 0.400. The fourth-order valence-corrected chi connectivity index (χ4v) is 3.04. The van der Waals surface area contributed by atoms with E-state index in [2.05, 4.69) is 16.5 Å². The summed E-state index contributed by atoms with van der Waals surface area (Å²) in [7, 11) is 0. The van der Waals surface area contributed by atoms with Crippen LogP contribution in [0.15, 0.2) is 24.5 Å². The first-order chi connectivity index (χ1) is 10.0. The quantitative estimate of drug-likeness (QED) is 0.899.